The summed E-state index contributed by atoms with van der Waals surface area (Å²) in [6, 6.07) is 0. The lowest BCUT2D eigenvalue weighted by Crippen LogP contribution is -0.925. The Kier molecular flexibility index (Phi) is 25500. The van der Waals surface area contributed by atoms with E-state index < -0.39 is 0 Å². The van der Waals surface area contributed by atoms with Gasteiger partial charge in [0.25, 0.3) is 0 Å². The zero-order valence-corrected chi connectivity index (χ0v) is 7.05. The van der Waals surface area contributed by atoms with E-state index in [0.29, 0.717) is 0 Å². The number of carbonyl (C=O) groups is 1. The monoisotopic (exact) mass is 160 g/mol. The Bertz CT molecular complexity index is 18.4. The fourth-order valence-corrected chi connectivity index (χ4v) is 0. The van der Waals surface area contributed by atoms with Gasteiger partial charge in [-0.3, -0.25) is 0 Å². The van der Waals surface area contributed by atoms with Crippen molar-refractivity contribution in [3.8, 4) is 0 Å². The molecular formula is C7H24OS. The maximum absolute atomic E-state index is 8.00. The van der Waals surface area contributed by atoms with Crippen LogP contribution < -0.4 is 0 Å². The Morgan fingerprint density at radius 3 is 1.00 bits per heavy atom. The normalized spacial score (nSPS) is 2.22. The molecule has 0 saturated heterocycles. The summed E-state index contributed by atoms with van der Waals surface area (Å²) in [7, 11) is 0. The van der Waals surface area contributed by atoms with Gasteiger partial charge in [-0.2, -0.15) is 0 Å². The van der Waals surface area contributed by atoms with E-state index in [1.54, 1.807) is 0 Å². The minimum Gasteiger partial charge on any atom is -0.307 e. The van der Waals surface area contributed by atoms with E-state index in [4.69, 9.17) is 4.79 Å². The lowest BCUT2D eigenvalue weighted by atomic mass is 11.0. The van der Waals surface area contributed by atoms with Crippen LogP contribution in [0.1, 0.15) is 38.0 Å². The van der Waals surface area contributed by atoms with Gasteiger partial charge in [-0.25, -0.2) is 0 Å². The molecule has 9 heavy (non-hydrogen) atoms. The first-order chi connectivity index (χ1) is 4.00. The molecule has 0 aromatic carbocycles. The highest BCUT2D eigenvalue weighted by atomic mass is 32.1. The Morgan fingerprint density at radius 2 is 1.00 bits per heavy atom. The van der Waals surface area contributed by atoms with Gasteiger partial charge in [0, 0.05) is 2.85 Å². The highest BCUT2D eigenvalue weighted by molar-refractivity contribution is 7.77. The maximum atomic E-state index is 8.00. The van der Waals surface area contributed by atoms with Crippen molar-refractivity contribution in [3.63, 3.8) is 0 Å². The first kappa shape index (κ1) is 37.3. The smallest absolute Gasteiger partial charge is 0.106 e. The molecule has 0 saturated carbocycles. The molecule has 0 spiro atoms. The van der Waals surface area contributed by atoms with Crippen molar-refractivity contribution >= 4 is 24.9 Å². The molecule has 0 bridgehead atoms. The summed E-state index contributed by atoms with van der Waals surface area (Å²) >= 11 is 3.83. The standard InChI is InChI=1S/2C2H6.CH2O.CH2S.CH4.2H2/c4*1-2;;;/h2*1-2H3;2*1H2;1H4;2*1H/i;;;;;2*1+2. The summed E-state index contributed by atoms with van der Waals surface area (Å²) in [5.74, 6) is 2.83. The predicted octanol–water partition coefficient (Wildman–Crippen LogP) is 3.61. The van der Waals surface area contributed by atoms with Crippen LogP contribution in [0.5, 0.6) is 0 Å². The molecule has 1 nitrogen and oxygen atoms in total. The zero-order valence-electron chi connectivity index (χ0n) is 6.23. The summed E-state index contributed by atoms with van der Waals surface area (Å²) in [6.07, 6.45) is 0. The molecule has 0 atom stereocenters. The zero-order chi connectivity index (χ0) is 8.00. The minimum atomic E-state index is 0. The quantitative estimate of drug-likeness (QED) is 0.504. The van der Waals surface area contributed by atoms with Gasteiger partial charge in [-0.05, 0) is 5.87 Å². The summed E-state index contributed by atoms with van der Waals surface area (Å²) in [4.78, 5) is 8.00. The predicted molar refractivity (Wildman–Crippen MR) is 55.5 cm³/mol. The minimum absolute atomic E-state index is 0. The highest BCUT2D eigenvalue weighted by Gasteiger charge is 0.934. The molecule has 0 N–H and O–H groups in total. The van der Waals surface area contributed by atoms with Crippen molar-refractivity contribution in [3.05, 3.63) is 0 Å². The van der Waals surface area contributed by atoms with Crippen molar-refractivity contribution in [2.45, 2.75) is 35.1 Å². The SMILES string of the molecule is C.C=O.C=S.CC.CC.[3HH].[3HH]. The van der Waals surface area contributed by atoms with Crippen LogP contribution in [0.2, 0.25) is 0 Å². The van der Waals surface area contributed by atoms with E-state index in [-0.39, 0.29) is 10.3 Å². The molecule has 2 heteroatoms. The van der Waals surface area contributed by atoms with Crippen molar-refractivity contribution in [1.29, 1.82) is 0 Å². The Hall–Kier alpha value is -0.240. The van der Waals surface area contributed by atoms with Crippen LogP contribution in [0.25, 0.3) is 0 Å². The van der Waals surface area contributed by atoms with Crippen LogP contribution in [0.4, 0.5) is 0 Å². The summed E-state index contributed by atoms with van der Waals surface area (Å²) < 4.78 is 0. The first-order valence-electron chi connectivity index (χ1n) is 2.58. The molecule has 0 aromatic heterocycles. The fourth-order valence-electron chi connectivity index (χ4n) is 0. The van der Waals surface area contributed by atoms with Gasteiger partial charge in [-0.1, -0.05) is 47.3 Å². The van der Waals surface area contributed by atoms with Crippen LogP contribution in [0.3, 0.4) is 0 Å². The summed E-state index contributed by atoms with van der Waals surface area (Å²) in [6.45, 7) is 10.0. The topological polar surface area (TPSA) is 17.1 Å². The third kappa shape index (κ3) is 4470. The van der Waals surface area contributed by atoms with Gasteiger partial charge in [0.1, 0.15) is 6.79 Å². The lowest BCUT2D eigenvalue weighted by molar-refractivity contribution is -0.0979. The molecule has 0 radical (unpaired) electrons. The largest absolute Gasteiger partial charge is 0.307 e. The van der Waals surface area contributed by atoms with E-state index in [1.807, 2.05) is 34.5 Å². The molecule has 0 aliphatic rings. The van der Waals surface area contributed by atoms with Crippen LogP contribution in [0.15, 0.2) is 0 Å². The maximum Gasteiger partial charge on any atom is 0.106 e. The molecule has 0 aromatic rings. The Balaban J connectivity index is -0.00000000356. The van der Waals surface area contributed by atoms with E-state index in [1.165, 1.54) is 0 Å². The molecular weight excluding hydrogens is 132 g/mol. The third-order valence-electron chi connectivity index (χ3n) is 0. The Morgan fingerprint density at radius 1 is 1.00 bits per heavy atom. The summed E-state index contributed by atoms with van der Waals surface area (Å²) in [5.41, 5.74) is 0. The average Bonchev–Trinajstić information content (AvgIpc) is 2.03. The van der Waals surface area contributed by atoms with Gasteiger partial charge in [0.2, 0.25) is 0 Å². The molecule has 0 aliphatic carbocycles. The van der Waals surface area contributed by atoms with E-state index in [9.17, 15) is 0 Å². The van der Waals surface area contributed by atoms with Crippen molar-refractivity contribution < 1.29 is 7.65 Å². The van der Waals surface area contributed by atoms with Gasteiger partial charge in [-0.15, -0.1) is 0 Å². The van der Waals surface area contributed by atoms with E-state index in [2.05, 4.69) is 18.1 Å². The second kappa shape index (κ2) is 6160. The fraction of sp³-hybridized carbons (Fsp3) is 0.714. The first-order valence-corrected chi connectivity index (χ1v) is 3.15. The molecule has 0 fully saturated rings. The molecule has 0 unspecified atom stereocenters. The van der Waals surface area contributed by atoms with Crippen LogP contribution >= 0.6 is 12.2 Å². The molecule has 64 valence electrons. The molecule has 0 aliphatic heterocycles. The second-order valence-electron chi connectivity index (χ2n) is 0. The summed E-state index contributed by atoms with van der Waals surface area (Å²) in [5, 5.41) is 0. The van der Waals surface area contributed by atoms with E-state index >= 15 is 0 Å². The van der Waals surface area contributed by atoms with Gasteiger partial charge >= 0.3 is 0 Å². The van der Waals surface area contributed by atoms with Crippen molar-refractivity contribution in [2.24, 2.45) is 0 Å². The number of thiocarbonyl (C=S) groups is 1. The molecule has 0 rings (SSSR count). The van der Waals surface area contributed by atoms with Gasteiger partial charge in [0.15, 0.2) is 0 Å². The van der Waals surface area contributed by atoms with Gasteiger partial charge in [0.05, 0.1) is 0 Å². The number of hydrogen-bond donors (Lipinski definition) is 0. The van der Waals surface area contributed by atoms with Crippen molar-refractivity contribution in [1.82, 2.24) is 0 Å². The average molecular weight is 160 g/mol. The number of rotatable bonds is 0. The van der Waals surface area contributed by atoms with Crippen molar-refractivity contribution in [2.75, 3.05) is 0 Å². The third-order valence-corrected chi connectivity index (χ3v) is 0. The molecule has 0 heterocycles. The van der Waals surface area contributed by atoms with Crippen LogP contribution in [0, 0.1) is 0 Å². The van der Waals surface area contributed by atoms with E-state index in [0.717, 1.165) is 0 Å². The second-order valence-corrected chi connectivity index (χ2v) is 0. The Labute approximate surface area is 68.4 Å². The number of hydrogen-bond acceptors (Lipinski definition) is 2. The number of carbonyl (C=O) groups excluding carboxylic acids is 1. The van der Waals surface area contributed by atoms with Crippen LogP contribution in [-0.2, 0) is 4.79 Å². The highest BCUT2D eigenvalue weighted by Crippen LogP contribution is 1.15. The molecule has 0 amide bonds. The van der Waals surface area contributed by atoms with Gasteiger partial charge < -0.3 is 4.79 Å². The lowest BCUT2D eigenvalue weighted by Gasteiger charge is -1.07. The van der Waals surface area contributed by atoms with Crippen LogP contribution in [-0.4, -0.2) is 12.7 Å².